The first-order valence-electron chi connectivity index (χ1n) is 26.8. The Labute approximate surface area is 401 Å². The van der Waals surface area contributed by atoms with Crippen LogP contribution >= 0.6 is 0 Å². The van der Waals surface area contributed by atoms with Crippen molar-refractivity contribution in [1.82, 2.24) is 0 Å². The van der Waals surface area contributed by atoms with E-state index >= 15 is 0 Å². The highest BCUT2D eigenvalue weighted by atomic mass is 14.5. The van der Waals surface area contributed by atoms with Crippen LogP contribution in [0.4, 0.5) is 0 Å². The van der Waals surface area contributed by atoms with Crippen molar-refractivity contribution in [2.75, 3.05) is 0 Å². The molecule has 0 saturated carbocycles. The van der Waals surface area contributed by atoms with Crippen molar-refractivity contribution in [2.24, 2.45) is 98.1 Å². The Morgan fingerprint density at radius 2 is 0.365 bits per heavy atom. The zero-order chi connectivity index (χ0) is 50.3. The van der Waals surface area contributed by atoms with Crippen LogP contribution in [0, 0.1) is 98.1 Å². The van der Waals surface area contributed by atoms with Gasteiger partial charge in [0.1, 0.15) is 0 Å². The van der Waals surface area contributed by atoms with Gasteiger partial charge in [0.2, 0.25) is 0 Å². The van der Waals surface area contributed by atoms with E-state index in [9.17, 15) is 0 Å². The minimum Gasteiger partial charge on any atom is -0.0710 e. The van der Waals surface area contributed by atoms with Crippen LogP contribution in [-0.4, -0.2) is 0 Å². The standard InChI is InChI=1S/C23H48.4C10H18/c1-19(2,3)13-16-23(22(10,11)12,17-14-20(4,5)6)18-15-21(7,8)9;4*1-6-7(2)9(4)10(5)8(6)3/h13-18H2,1-12H3;4*6-8H,1-5H3/t;4*6?,7-,8+. The lowest BCUT2D eigenvalue weighted by molar-refractivity contribution is 0.0174. The van der Waals surface area contributed by atoms with Crippen LogP contribution in [0.2, 0.25) is 0 Å². The largest absolute Gasteiger partial charge is 0.0710 e. The van der Waals surface area contributed by atoms with Crippen molar-refractivity contribution in [3.63, 3.8) is 0 Å². The molecule has 0 N–H and O–H groups in total. The molecular formula is C63H120. The highest BCUT2D eigenvalue weighted by molar-refractivity contribution is 5.25. The maximum Gasteiger partial charge on any atom is -0.0200 e. The summed E-state index contributed by atoms with van der Waals surface area (Å²) in [6, 6.07) is 0. The van der Waals surface area contributed by atoms with E-state index < -0.39 is 0 Å². The van der Waals surface area contributed by atoms with Gasteiger partial charge in [0.25, 0.3) is 0 Å². The molecule has 0 aliphatic heterocycles. The first-order valence-corrected chi connectivity index (χ1v) is 26.8. The van der Waals surface area contributed by atoms with Gasteiger partial charge in [-0.3, -0.25) is 0 Å². The van der Waals surface area contributed by atoms with E-state index in [4.69, 9.17) is 0 Å². The Balaban J connectivity index is 0.000000809. The zero-order valence-corrected chi connectivity index (χ0v) is 49.7. The third-order valence-electron chi connectivity index (χ3n) is 19.9. The number of hydrogen-bond donors (Lipinski definition) is 0. The van der Waals surface area contributed by atoms with Crippen LogP contribution in [0.25, 0.3) is 0 Å². The molecule has 0 amide bonds. The van der Waals surface area contributed by atoms with Gasteiger partial charge in [-0.1, -0.05) is 211 Å². The highest BCUT2D eigenvalue weighted by Gasteiger charge is 2.43. The van der Waals surface area contributed by atoms with E-state index in [0.717, 1.165) is 71.0 Å². The lowest BCUT2D eigenvalue weighted by Crippen LogP contribution is -2.38. The monoisotopic (exact) mass is 877 g/mol. The summed E-state index contributed by atoms with van der Waals surface area (Å²) < 4.78 is 0. The van der Waals surface area contributed by atoms with E-state index in [1.54, 1.807) is 44.6 Å². The zero-order valence-electron chi connectivity index (χ0n) is 49.7. The Morgan fingerprint density at radius 1 is 0.238 bits per heavy atom. The number of allylic oxidation sites excluding steroid dienone is 8. The molecule has 4 aliphatic carbocycles. The van der Waals surface area contributed by atoms with Crippen molar-refractivity contribution in [3.05, 3.63) is 44.6 Å². The summed E-state index contributed by atoms with van der Waals surface area (Å²) in [5, 5.41) is 0. The predicted octanol–water partition coefficient (Wildman–Crippen LogP) is 21.5. The molecule has 0 radical (unpaired) electrons. The second-order valence-corrected chi connectivity index (χ2v) is 27.9. The lowest BCUT2D eigenvalue weighted by Gasteiger charge is -2.49. The van der Waals surface area contributed by atoms with Crippen LogP contribution in [-0.2, 0) is 0 Å². The Kier molecular flexibility index (Phi) is 23.9. The molecule has 0 nitrogen and oxygen atoms in total. The van der Waals surface area contributed by atoms with E-state index in [-0.39, 0.29) is 0 Å². The summed E-state index contributed by atoms with van der Waals surface area (Å²) in [5.41, 5.74) is 15.1. The number of rotatable bonds is 6. The normalized spacial score (nSPS) is 31.6. The molecule has 12 atom stereocenters. The fraction of sp³-hybridized carbons (Fsp3) is 0.873. The second kappa shape index (κ2) is 24.3. The van der Waals surface area contributed by atoms with E-state index in [2.05, 4.69) is 222 Å². The molecule has 0 aromatic rings. The van der Waals surface area contributed by atoms with Crippen molar-refractivity contribution in [1.29, 1.82) is 0 Å². The molecule has 4 unspecified atom stereocenters. The molecule has 4 aliphatic rings. The van der Waals surface area contributed by atoms with Crippen LogP contribution in [0.15, 0.2) is 44.6 Å². The van der Waals surface area contributed by atoms with Gasteiger partial charge in [0, 0.05) is 0 Å². The summed E-state index contributed by atoms with van der Waals surface area (Å²) in [7, 11) is 0. The second-order valence-electron chi connectivity index (χ2n) is 27.9. The van der Waals surface area contributed by atoms with Gasteiger partial charge in [0.15, 0.2) is 0 Å². The summed E-state index contributed by atoms with van der Waals surface area (Å²) in [6.45, 7) is 75.4. The van der Waals surface area contributed by atoms with Crippen LogP contribution in [0.3, 0.4) is 0 Å². The molecule has 0 fully saturated rings. The first kappa shape index (κ1) is 62.0. The maximum absolute atomic E-state index is 2.49. The summed E-state index contributed by atoms with van der Waals surface area (Å²) in [6.07, 6.45) is 8.10. The van der Waals surface area contributed by atoms with Gasteiger partial charge in [0.05, 0.1) is 0 Å². The van der Waals surface area contributed by atoms with Crippen LogP contribution in [0.5, 0.6) is 0 Å². The van der Waals surface area contributed by atoms with Gasteiger partial charge in [-0.2, -0.15) is 0 Å². The fourth-order valence-corrected chi connectivity index (χ4v) is 11.1. The third kappa shape index (κ3) is 17.8. The summed E-state index contributed by atoms with van der Waals surface area (Å²) in [5.74, 6) is 9.96. The van der Waals surface area contributed by atoms with Gasteiger partial charge >= 0.3 is 0 Å². The average Bonchev–Trinajstić information content (AvgIpc) is 3.60. The molecule has 0 aromatic heterocycles. The van der Waals surface area contributed by atoms with Crippen molar-refractivity contribution >= 4 is 0 Å². The first-order chi connectivity index (χ1) is 28.1. The van der Waals surface area contributed by atoms with Crippen molar-refractivity contribution in [2.45, 2.75) is 260 Å². The van der Waals surface area contributed by atoms with E-state index in [1.165, 1.54) is 38.5 Å². The number of hydrogen-bond acceptors (Lipinski definition) is 0. The molecule has 0 bridgehead atoms. The van der Waals surface area contributed by atoms with Crippen molar-refractivity contribution in [3.8, 4) is 0 Å². The molecule has 372 valence electrons. The minimum absolute atomic E-state index is 0.370. The predicted molar refractivity (Wildman–Crippen MR) is 291 cm³/mol. The Hall–Kier alpha value is -1.04. The van der Waals surface area contributed by atoms with Gasteiger partial charge in [-0.05, 0) is 192 Å². The van der Waals surface area contributed by atoms with Crippen molar-refractivity contribution < 1.29 is 0 Å². The average molecular weight is 878 g/mol. The van der Waals surface area contributed by atoms with Crippen LogP contribution < -0.4 is 0 Å². The summed E-state index contributed by atoms with van der Waals surface area (Å²) in [4.78, 5) is 0. The topological polar surface area (TPSA) is 0 Å². The Morgan fingerprint density at radius 3 is 0.429 bits per heavy atom. The quantitative estimate of drug-likeness (QED) is 0.233. The molecule has 0 saturated heterocycles. The molecule has 63 heavy (non-hydrogen) atoms. The molecule has 0 heterocycles. The SMILES string of the molecule is CC(C)(C)CCC(CCC(C)(C)C)(CCC(C)(C)C)C(C)(C)C.CC1=C(C)[C@H](C)C(C)[C@@H]1C.CC1=C(C)[C@H](C)C(C)[C@@H]1C.CC1=C(C)[C@H](C)C(C)[C@@H]1C.CC1=C(C)[C@H](C)C(C)[C@@H]1C. The molecule has 0 aromatic carbocycles. The molecule has 4 rings (SSSR count). The maximum atomic E-state index is 2.49. The molecule has 0 heteroatoms. The van der Waals surface area contributed by atoms with Crippen LogP contribution in [0.1, 0.15) is 260 Å². The van der Waals surface area contributed by atoms with E-state index in [1.807, 2.05) is 0 Å². The Bertz CT molecular complexity index is 1240. The lowest BCUT2D eigenvalue weighted by atomic mass is 9.56. The fourth-order valence-electron chi connectivity index (χ4n) is 11.1. The third-order valence-corrected chi connectivity index (χ3v) is 19.9. The van der Waals surface area contributed by atoms with Gasteiger partial charge < -0.3 is 0 Å². The molecule has 0 spiro atoms. The van der Waals surface area contributed by atoms with E-state index in [0.29, 0.717) is 27.1 Å². The summed E-state index contributed by atoms with van der Waals surface area (Å²) >= 11 is 0. The molecular weight excluding hydrogens is 757 g/mol. The smallest absolute Gasteiger partial charge is 0.0200 e. The highest BCUT2D eigenvalue weighted by Crippen LogP contribution is 2.54. The van der Waals surface area contributed by atoms with Gasteiger partial charge in [-0.25, -0.2) is 0 Å². The minimum atomic E-state index is 0.370. The van der Waals surface area contributed by atoms with Gasteiger partial charge in [-0.15, -0.1) is 0 Å².